The number of aryl methyl sites for hydroxylation is 2. The van der Waals surface area contributed by atoms with Gasteiger partial charge >= 0.3 is 6.36 Å². The zero-order valence-electron chi connectivity index (χ0n) is 10.8. The van der Waals surface area contributed by atoms with Gasteiger partial charge in [0.05, 0.1) is 0 Å². The normalized spacial score (nSPS) is 11.4. The summed E-state index contributed by atoms with van der Waals surface area (Å²) in [7, 11) is 0. The fraction of sp³-hybridized carbons (Fsp3) is 0.214. The highest BCUT2D eigenvalue weighted by Gasteiger charge is 2.31. The first-order valence-electron chi connectivity index (χ1n) is 5.82. The van der Waals surface area contributed by atoms with E-state index in [1.807, 2.05) is 0 Å². The monoisotopic (exact) mass is 283 g/mol. The predicted octanol–water partition coefficient (Wildman–Crippen LogP) is 3.56. The van der Waals surface area contributed by atoms with Crippen LogP contribution >= 0.6 is 0 Å². The number of aromatic nitrogens is 1. The molecule has 0 atom stereocenters. The van der Waals surface area contributed by atoms with Crippen molar-refractivity contribution >= 4 is 0 Å². The van der Waals surface area contributed by atoms with E-state index in [1.165, 1.54) is 37.3 Å². The van der Waals surface area contributed by atoms with Gasteiger partial charge in [-0.15, -0.1) is 13.2 Å². The van der Waals surface area contributed by atoms with Crippen LogP contribution < -0.4 is 10.2 Å². The molecular formula is C14H12F3NO2. The quantitative estimate of drug-likeness (QED) is 0.915. The first-order chi connectivity index (χ1) is 9.24. The number of pyridine rings is 1. The summed E-state index contributed by atoms with van der Waals surface area (Å²) in [5.74, 6) is -0.253. The Morgan fingerprint density at radius 2 is 1.80 bits per heavy atom. The molecule has 0 saturated heterocycles. The van der Waals surface area contributed by atoms with Crippen LogP contribution in [-0.2, 0) is 0 Å². The Morgan fingerprint density at radius 3 is 2.35 bits per heavy atom. The molecule has 0 aliphatic carbocycles. The molecule has 0 aliphatic rings. The van der Waals surface area contributed by atoms with Gasteiger partial charge in [0.1, 0.15) is 5.75 Å². The van der Waals surface area contributed by atoms with Gasteiger partial charge in [0.2, 0.25) is 0 Å². The van der Waals surface area contributed by atoms with Gasteiger partial charge in [-0.1, -0.05) is 0 Å². The number of alkyl halides is 3. The lowest BCUT2D eigenvalue weighted by Crippen LogP contribution is -2.17. The Morgan fingerprint density at radius 1 is 1.10 bits per heavy atom. The van der Waals surface area contributed by atoms with Crippen LogP contribution in [0.4, 0.5) is 13.2 Å². The molecule has 1 aromatic heterocycles. The second kappa shape index (κ2) is 5.03. The fourth-order valence-electron chi connectivity index (χ4n) is 1.89. The molecule has 0 radical (unpaired) electrons. The topological polar surface area (TPSA) is 42.1 Å². The molecule has 0 saturated carbocycles. The smallest absolute Gasteiger partial charge is 0.406 e. The van der Waals surface area contributed by atoms with E-state index >= 15 is 0 Å². The zero-order chi connectivity index (χ0) is 14.9. The van der Waals surface area contributed by atoms with Crippen LogP contribution in [0, 0.1) is 13.8 Å². The minimum Gasteiger partial charge on any atom is -0.406 e. The number of rotatable bonds is 2. The van der Waals surface area contributed by atoms with E-state index in [0.717, 1.165) is 0 Å². The molecular weight excluding hydrogens is 271 g/mol. The van der Waals surface area contributed by atoms with Gasteiger partial charge in [0.25, 0.3) is 0 Å². The minimum absolute atomic E-state index is 0.162. The minimum atomic E-state index is -4.72. The fourth-order valence-corrected chi connectivity index (χ4v) is 1.89. The third-order valence-electron chi connectivity index (χ3n) is 2.69. The van der Waals surface area contributed by atoms with Gasteiger partial charge in [-0.05, 0) is 43.2 Å². The molecule has 20 heavy (non-hydrogen) atoms. The number of hydrogen-bond acceptors (Lipinski definition) is 2. The van der Waals surface area contributed by atoms with Crippen LogP contribution in [0.3, 0.4) is 0 Å². The van der Waals surface area contributed by atoms with Crippen LogP contribution in [-0.4, -0.2) is 11.3 Å². The van der Waals surface area contributed by atoms with E-state index in [9.17, 15) is 18.0 Å². The van der Waals surface area contributed by atoms with E-state index in [1.54, 1.807) is 6.92 Å². The second-order valence-corrected chi connectivity index (χ2v) is 4.44. The molecule has 0 aliphatic heterocycles. The third kappa shape index (κ3) is 3.40. The summed E-state index contributed by atoms with van der Waals surface area (Å²) < 4.78 is 40.4. The number of aromatic amines is 1. The van der Waals surface area contributed by atoms with Crippen molar-refractivity contribution in [1.29, 1.82) is 0 Å². The maximum absolute atomic E-state index is 12.2. The summed E-state index contributed by atoms with van der Waals surface area (Å²) in [6, 6.07) is 7.08. The molecule has 1 N–H and O–H groups in total. The summed E-state index contributed by atoms with van der Waals surface area (Å²) in [5, 5.41) is 0. The van der Waals surface area contributed by atoms with Crippen molar-refractivity contribution in [3.05, 3.63) is 51.8 Å². The van der Waals surface area contributed by atoms with Gasteiger partial charge in [-0.3, -0.25) is 4.79 Å². The Balaban J connectivity index is 2.40. The van der Waals surface area contributed by atoms with E-state index in [2.05, 4.69) is 9.72 Å². The third-order valence-corrected chi connectivity index (χ3v) is 2.69. The molecule has 6 heteroatoms. The zero-order valence-corrected chi connectivity index (χ0v) is 10.8. The van der Waals surface area contributed by atoms with Crippen LogP contribution in [0.2, 0.25) is 0 Å². The Hall–Kier alpha value is -2.24. The molecule has 1 heterocycles. The number of benzene rings is 1. The number of halogens is 3. The van der Waals surface area contributed by atoms with Gasteiger partial charge in [0.15, 0.2) is 5.43 Å². The highest BCUT2D eigenvalue weighted by Crippen LogP contribution is 2.29. The molecule has 3 nitrogen and oxygen atoms in total. The summed E-state index contributed by atoms with van der Waals surface area (Å²) in [4.78, 5) is 14.4. The summed E-state index contributed by atoms with van der Waals surface area (Å²) >= 11 is 0. The van der Waals surface area contributed by atoms with Crippen molar-refractivity contribution in [3.8, 4) is 17.0 Å². The van der Waals surface area contributed by atoms with Gasteiger partial charge in [-0.2, -0.15) is 0 Å². The summed E-state index contributed by atoms with van der Waals surface area (Å²) in [6.07, 6.45) is -4.72. The van der Waals surface area contributed by atoms with E-state index in [4.69, 9.17) is 0 Å². The number of hydrogen-bond donors (Lipinski definition) is 1. The predicted molar refractivity (Wildman–Crippen MR) is 68.7 cm³/mol. The molecule has 2 aromatic rings. The standard InChI is InChI=1S/C14H12F3NO2/c1-8-5-10(3-4-13(8)20-14(15,16)17)12-7-11(19)6-9(2)18-12/h3-7H,1-2H3,(H,18,19). The van der Waals surface area contributed by atoms with Crippen molar-refractivity contribution in [1.82, 2.24) is 4.98 Å². The van der Waals surface area contributed by atoms with E-state index in [0.29, 0.717) is 22.5 Å². The number of nitrogens with one attached hydrogen (secondary N) is 1. The van der Waals surface area contributed by atoms with E-state index < -0.39 is 6.36 Å². The van der Waals surface area contributed by atoms with Crippen LogP contribution in [0.5, 0.6) is 5.75 Å². The summed E-state index contributed by atoms with van der Waals surface area (Å²) in [5.41, 5.74) is 2.03. The summed E-state index contributed by atoms with van der Waals surface area (Å²) in [6.45, 7) is 3.25. The second-order valence-electron chi connectivity index (χ2n) is 4.44. The van der Waals surface area contributed by atoms with Crippen LogP contribution in [0.25, 0.3) is 11.3 Å². The highest BCUT2D eigenvalue weighted by molar-refractivity contribution is 5.62. The Kier molecular flexibility index (Phi) is 3.57. The first kappa shape index (κ1) is 14.2. The molecule has 2 rings (SSSR count). The lowest BCUT2D eigenvalue weighted by Gasteiger charge is -2.12. The first-order valence-corrected chi connectivity index (χ1v) is 5.82. The number of H-pyrrole nitrogens is 1. The average molecular weight is 283 g/mol. The largest absolute Gasteiger partial charge is 0.573 e. The van der Waals surface area contributed by atoms with Crippen LogP contribution in [0.1, 0.15) is 11.3 Å². The molecule has 106 valence electrons. The van der Waals surface area contributed by atoms with Crippen molar-refractivity contribution in [2.45, 2.75) is 20.2 Å². The molecule has 1 aromatic carbocycles. The molecule has 0 bridgehead atoms. The molecule has 0 spiro atoms. The van der Waals surface area contributed by atoms with Crippen molar-refractivity contribution < 1.29 is 17.9 Å². The Labute approximate surface area is 113 Å². The molecule has 0 fully saturated rings. The van der Waals surface area contributed by atoms with Gasteiger partial charge in [-0.25, -0.2) is 0 Å². The van der Waals surface area contributed by atoms with Crippen molar-refractivity contribution in [3.63, 3.8) is 0 Å². The SMILES string of the molecule is Cc1cc(=O)cc(-c2ccc(OC(F)(F)F)c(C)c2)[nH]1. The van der Waals surface area contributed by atoms with Crippen molar-refractivity contribution in [2.24, 2.45) is 0 Å². The molecule has 0 unspecified atom stereocenters. The maximum atomic E-state index is 12.2. The Bertz CT molecular complexity index is 690. The maximum Gasteiger partial charge on any atom is 0.573 e. The lowest BCUT2D eigenvalue weighted by atomic mass is 10.1. The average Bonchev–Trinajstić information content (AvgIpc) is 2.29. The highest BCUT2D eigenvalue weighted by atomic mass is 19.4. The van der Waals surface area contributed by atoms with Gasteiger partial charge < -0.3 is 9.72 Å². The van der Waals surface area contributed by atoms with E-state index in [-0.39, 0.29) is 11.2 Å². The van der Waals surface area contributed by atoms with Crippen LogP contribution in [0.15, 0.2) is 35.1 Å². The molecule has 0 amide bonds. The number of ether oxygens (including phenoxy) is 1. The lowest BCUT2D eigenvalue weighted by molar-refractivity contribution is -0.274. The van der Waals surface area contributed by atoms with Gasteiger partial charge in [0, 0.05) is 23.5 Å². The van der Waals surface area contributed by atoms with Crippen molar-refractivity contribution in [2.75, 3.05) is 0 Å².